The van der Waals surface area contributed by atoms with Crippen LogP contribution in [0.15, 0.2) is 22.7 Å². The lowest BCUT2D eigenvalue weighted by Crippen LogP contribution is -2.44. The number of carbonyl (C=O) groups excluding carboxylic acids is 1. The molecule has 1 saturated carbocycles. The van der Waals surface area contributed by atoms with Gasteiger partial charge in [0.2, 0.25) is 0 Å². The number of benzene rings is 1. The Labute approximate surface area is 135 Å². The number of amides is 1. The standard InChI is InChI=1S/C15H21BrN2O.ClH/c1-10-8-11(6-7-13(10)16)15(19)18-14-5-3-2-4-12(14)9-17;/h6-8,12,14H,2-5,9,17H2,1H3,(H,18,19);1H. The SMILES string of the molecule is Cc1cc(C(=O)NC2CCCCC2CN)ccc1Br.Cl. The molecule has 0 spiro atoms. The van der Waals surface area contributed by atoms with Crippen LogP contribution in [-0.4, -0.2) is 18.5 Å². The number of aryl methyl sites for hydroxylation is 1. The zero-order valence-corrected chi connectivity index (χ0v) is 14.1. The molecular formula is C15H22BrClN2O. The van der Waals surface area contributed by atoms with E-state index in [-0.39, 0.29) is 24.4 Å². The number of hydrogen-bond donors (Lipinski definition) is 2. The molecule has 0 bridgehead atoms. The highest BCUT2D eigenvalue weighted by atomic mass is 79.9. The van der Waals surface area contributed by atoms with Gasteiger partial charge in [-0.05, 0) is 56.0 Å². The van der Waals surface area contributed by atoms with E-state index < -0.39 is 0 Å². The van der Waals surface area contributed by atoms with Gasteiger partial charge >= 0.3 is 0 Å². The van der Waals surface area contributed by atoms with Crippen LogP contribution in [0, 0.1) is 12.8 Å². The fourth-order valence-electron chi connectivity index (χ4n) is 2.72. The summed E-state index contributed by atoms with van der Waals surface area (Å²) in [6.45, 7) is 2.65. The van der Waals surface area contributed by atoms with Crippen LogP contribution in [-0.2, 0) is 0 Å². The first-order valence-electron chi connectivity index (χ1n) is 6.89. The second-order valence-electron chi connectivity index (χ2n) is 5.32. The minimum Gasteiger partial charge on any atom is -0.349 e. The maximum atomic E-state index is 12.3. The van der Waals surface area contributed by atoms with Crippen LogP contribution in [0.2, 0.25) is 0 Å². The monoisotopic (exact) mass is 360 g/mol. The van der Waals surface area contributed by atoms with Crippen LogP contribution in [0.3, 0.4) is 0 Å². The summed E-state index contributed by atoms with van der Waals surface area (Å²) in [4.78, 5) is 12.3. The molecule has 20 heavy (non-hydrogen) atoms. The van der Waals surface area contributed by atoms with Crippen molar-refractivity contribution in [2.45, 2.75) is 38.6 Å². The Balaban J connectivity index is 0.00000200. The smallest absolute Gasteiger partial charge is 0.251 e. The van der Waals surface area contributed by atoms with Gasteiger partial charge in [0.25, 0.3) is 5.91 Å². The first kappa shape index (κ1) is 17.5. The van der Waals surface area contributed by atoms with Crippen LogP contribution in [0.5, 0.6) is 0 Å². The van der Waals surface area contributed by atoms with Crippen molar-refractivity contribution in [3.8, 4) is 0 Å². The molecule has 1 aliphatic rings. The largest absolute Gasteiger partial charge is 0.349 e. The molecule has 0 saturated heterocycles. The first-order valence-corrected chi connectivity index (χ1v) is 7.68. The zero-order valence-electron chi connectivity index (χ0n) is 11.7. The highest BCUT2D eigenvalue weighted by Crippen LogP contribution is 2.24. The molecule has 1 aliphatic carbocycles. The Morgan fingerprint density at radius 3 is 2.75 bits per heavy atom. The van der Waals surface area contributed by atoms with Crippen molar-refractivity contribution >= 4 is 34.2 Å². The van der Waals surface area contributed by atoms with Gasteiger partial charge in [-0.15, -0.1) is 12.4 Å². The molecule has 3 N–H and O–H groups in total. The summed E-state index contributed by atoms with van der Waals surface area (Å²) in [5.41, 5.74) is 7.59. The minimum atomic E-state index is 0. The van der Waals surface area contributed by atoms with Crippen LogP contribution in [0.4, 0.5) is 0 Å². The first-order chi connectivity index (χ1) is 9.11. The second kappa shape index (κ2) is 8.01. The molecule has 1 aromatic carbocycles. The normalized spacial score (nSPS) is 21.9. The number of hydrogen-bond acceptors (Lipinski definition) is 2. The minimum absolute atomic E-state index is 0. The van der Waals surface area contributed by atoms with Crippen LogP contribution < -0.4 is 11.1 Å². The van der Waals surface area contributed by atoms with E-state index in [0.29, 0.717) is 12.5 Å². The van der Waals surface area contributed by atoms with E-state index in [1.165, 1.54) is 12.8 Å². The zero-order chi connectivity index (χ0) is 13.8. The number of carbonyl (C=O) groups is 1. The van der Waals surface area contributed by atoms with Crippen molar-refractivity contribution in [2.24, 2.45) is 11.7 Å². The molecule has 0 aromatic heterocycles. The average molecular weight is 362 g/mol. The van der Waals surface area contributed by atoms with E-state index >= 15 is 0 Å². The lowest BCUT2D eigenvalue weighted by Gasteiger charge is -2.31. The highest BCUT2D eigenvalue weighted by molar-refractivity contribution is 9.10. The van der Waals surface area contributed by atoms with E-state index in [9.17, 15) is 4.79 Å². The topological polar surface area (TPSA) is 55.1 Å². The summed E-state index contributed by atoms with van der Waals surface area (Å²) >= 11 is 3.45. The number of rotatable bonds is 3. The molecule has 112 valence electrons. The predicted molar refractivity (Wildman–Crippen MR) is 88.4 cm³/mol. The number of nitrogens with one attached hydrogen (secondary N) is 1. The molecule has 0 aliphatic heterocycles. The molecule has 3 nitrogen and oxygen atoms in total. The molecule has 2 unspecified atom stereocenters. The van der Waals surface area contributed by atoms with Crippen molar-refractivity contribution < 1.29 is 4.79 Å². The van der Waals surface area contributed by atoms with Gasteiger partial charge in [-0.1, -0.05) is 28.8 Å². The maximum Gasteiger partial charge on any atom is 0.251 e. The predicted octanol–water partition coefficient (Wildman–Crippen LogP) is 3.43. The molecular weight excluding hydrogens is 340 g/mol. The average Bonchev–Trinajstić information content (AvgIpc) is 2.42. The summed E-state index contributed by atoms with van der Waals surface area (Å²) in [5.74, 6) is 0.440. The van der Waals surface area contributed by atoms with E-state index in [1.807, 2.05) is 25.1 Å². The van der Waals surface area contributed by atoms with Crippen LogP contribution in [0.1, 0.15) is 41.6 Å². The molecule has 2 rings (SSSR count). The van der Waals surface area contributed by atoms with E-state index in [2.05, 4.69) is 21.2 Å². The Hall–Kier alpha value is -0.580. The molecule has 0 heterocycles. The van der Waals surface area contributed by atoms with Crippen molar-refractivity contribution in [3.63, 3.8) is 0 Å². The van der Waals surface area contributed by atoms with Gasteiger partial charge in [0, 0.05) is 16.1 Å². The molecule has 1 aromatic rings. The van der Waals surface area contributed by atoms with Gasteiger partial charge in [0.15, 0.2) is 0 Å². The second-order valence-corrected chi connectivity index (χ2v) is 6.18. The Morgan fingerprint density at radius 1 is 1.40 bits per heavy atom. The summed E-state index contributed by atoms with van der Waals surface area (Å²) in [7, 11) is 0. The lowest BCUT2D eigenvalue weighted by atomic mass is 9.84. The quantitative estimate of drug-likeness (QED) is 0.866. The maximum absolute atomic E-state index is 12.3. The van der Waals surface area contributed by atoms with Crippen molar-refractivity contribution in [2.75, 3.05) is 6.54 Å². The van der Waals surface area contributed by atoms with Gasteiger partial charge in [-0.3, -0.25) is 4.79 Å². The van der Waals surface area contributed by atoms with E-state index in [4.69, 9.17) is 5.73 Å². The lowest BCUT2D eigenvalue weighted by molar-refractivity contribution is 0.0908. The third kappa shape index (κ3) is 4.21. The fraction of sp³-hybridized carbons (Fsp3) is 0.533. The van der Waals surface area contributed by atoms with Crippen molar-refractivity contribution in [1.29, 1.82) is 0 Å². The molecule has 1 amide bonds. The summed E-state index contributed by atoms with van der Waals surface area (Å²) in [6.07, 6.45) is 4.58. The fourth-order valence-corrected chi connectivity index (χ4v) is 2.96. The van der Waals surface area contributed by atoms with Gasteiger partial charge < -0.3 is 11.1 Å². The van der Waals surface area contributed by atoms with Gasteiger partial charge in [-0.25, -0.2) is 0 Å². The summed E-state index contributed by atoms with van der Waals surface area (Å²) in [6, 6.07) is 5.92. The van der Waals surface area contributed by atoms with E-state index in [0.717, 1.165) is 28.4 Å². The number of halogens is 2. The summed E-state index contributed by atoms with van der Waals surface area (Å²) in [5, 5.41) is 3.15. The molecule has 2 atom stereocenters. The van der Waals surface area contributed by atoms with Gasteiger partial charge in [0.05, 0.1) is 0 Å². The van der Waals surface area contributed by atoms with Gasteiger partial charge in [-0.2, -0.15) is 0 Å². The molecule has 0 radical (unpaired) electrons. The van der Waals surface area contributed by atoms with Gasteiger partial charge in [0.1, 0.15) is 0 Å². The van der Waals surface area contributed by atoms with Crippen LogP contribution in [0.25, 0.3) is 0 Å². The molecule has 5 heteroatoms. The Kier molecular flexibility index (Phi) is 7.00. The third-order valence-corrected chi connectivity index (χ3v) is 4.84. The molecule has 1 fully saturated rings. The summed E-state index contributed by atoms with van der Waals surface area (Å²) < 4.78 is 1.03. The number of nitrogens with two attached hydrogens (primary N) is 1. The van der Waals surface area contributed by atoms with Crippen molar-refractivity contribution in [3.05, 3.63) is 33.8 Å². The third-order valence-electron chi connectivity index (χ3n) is 3.95. The van der Waals surface area contributed by atoms with Crippen molar-refractivity contribution in [1.82, 2.24) is 5.32 Å². The Morgan fingerprint density at radius 2 is 2.10 bits per heavy atom. The Bertz CT molecular complexity index is 467. The highest BCUT2D eigenvalue weighted by Gasteiger charge is 2.25. The van der Waals surface area contributed by atoms with Crippen LogP contribution >= 0.6 is 28.3 Å². The van der Waals surface area contributed by atoms with E-state index in [1.54, 1.807) is 0 Å².